The fourth-order valence-corrected chi connectivity index (χ4v) is 3.76. The molecule has 0 fully saturated rings. The minimum atomic E-state index is -0.236. The summed E-state index contributed by atoms with van der Waals surface area (Å²) in [6, 6.07) is 11.0. The third-order valence-electron chi connectivity index (χ3n) is 2.93. The number of ketones is 1. The maximum atomic E-state index is 12.3. The van der Waals surface area contributed by atoms with Gasteiger partial charge in [-0.3, -0.25) is 4.79 Å². The van der Waals surface area contributed by atoms with Crippen LogP contribution in [0.15, 0.2) is 42.5 Å². The molecule has 1 N–H and O–H groups in total. The molecule has 0 atom stereocenters. The van der Waals surface area contributed by atoms with Gasteiger partial charge in [-0.15, -0.1) is 0 Å². The second kappa shape index (κ2) is 7.96. The highest BCUT2D eigenvalue weighted by molar-refractivity contribution is 14.1. The van der Waals surface area contributed by atoms with Gasteiger partial charge in [0, 0.05) is 9.13 Å². The van der Waals surface area contributed by atoms with E-state index in [4.69, 9.17) is 4.74 Å². The summed E-state index contributed by atoms with van der Waals surface area (Å²) >= 11 is 4.14. The molecule has 0 bridgehead atoms. The number of para-hydroxylation sites is 1. The molecule has 0 aromatic heterocycles. The van der Waals surface area contributed by atoms with Crippen LogP contribution in [0.25, 0.3) is 6.08 Å². The van der Waals surface area contributed by atoms with Crippen molar-refractivity contribution in [2.75, 3.05) is 6.61 Å². The molecular weight excluding hydrogens is 506 g/mol. The molecule has 3 nitrogen and oxygen atoms in total. The summed E-state index contributed by atoms with van der Waals surface area (Å²) in [6.45, 7) is 2.48. The highest BCUT2D eigenvalue weighted by Crippen LogP contribution is 2.28. The Labute approximate surface area is 156 Å². The molecule has 0 amide bonds. The molecule has 0 aliphatic rings. The summed E-state index contributed by atoms with van der Waals surface area (Å²) in [6.07, 6.45) is 3.17. The van der Waals surface area contributed by atoms with Gasteiger partial charge in [-0.25, -0.2) is 0 Å². The molecule has 0 saturated carbocycles. The molecule has 2 aromatic carbocycles. The molecule has 0 aliphatic heterocycles. The number of rotatable bonds is 5. The van der Waals surface area contributed by atoms with Gasteiger partial charge in [0.15, 0.2) is 5.78 Å². The maximum absolute atomic E-state index is 12.3. The monoisotopic (exact) mass is 520 g/mol. The Balaban J connectivity index is 2.29. The van der Waals surface area contributed by atoms with E-state index >= 15 is 0 Å². The average Bonchev–Trinajstić information content (AvgIpc) is 2.50. The van der Waals surface area contributed by atoms with E-state index in [1.54, 1.807) is 12.1 Å². The number of halogens is 2. The molecule has 114 valence electrons. The fourth-order valence-electron chi connectivity index (χ4n) is 1.91. The van der Waals surface area contributed by atoms with Crippen LogP contribution in [-0.2, 0) is 0 Å². The molecule has 0 aliphatic carbocycles. The minimum Gasteiger partial charge on any atom is -0.506 e. The van der Waals surface area contributed by atoms with Crippen molar-refractivity contribution in [2.24, 2.45) is 0 Å². The lowest BCUT2D eigenvalue weighted by atomic mass is 10.1. The van der Waals surface area contributed by atoms with Crippen molar-refractivity contribution >= 4 is 57.0 Å². The number of hydrogen-bond donors (Lipinski definition) is 1. The van der Waals surface area contributed by atoms with Crippen molar-refractivity contribution in [1.82, 2.24) is 0 Å². The van der Waals surface area contributed by atoms with Crippen LogP contribution in [0.3, 0.4) is 0 Å². The quantitative estimate of drug-likeness (QED) is 0.347. The van der Waals surface area contributed by atoms with Gasteiger partial charge in [-0.1, -0.05) is 18.2 Å². The summed E-state index contributed by atoms with van der Waals surface area (Å²) in [5, 5.41) is 10.0. The Bertz CT molecular complexity index is 724. The van der Waals surface area contributed by atoms with Crippen molar-refractivity contribution in [3.05, 3.63) is 60.7 Å². The van der Waals surface area contributed by atoms with Crippen LogP contribution >= 0.6 is 45.2 Å². The lowest BCUT2D eigenvalue weighted by molar-refractivity contribution is 0.104. The Morgan fingerprint density at radius 1 is 1.27 bits per heavy atom. The number of phenols is 1. The number of ether oxygens (including phenoxy) is 1. The highest BCUT2D eigenvalue weighted by atomic mass is 127. The topological polar surface area (TPSA) is 46.5 Å². The Hall–Kier alpha value is -1.09. The summed E-state index contributed by atoms with van der Waals surface area (Å²) in [4.78, 5) is 12.3. The second-order valence-corrected chi connectivity index (χ2v) is 6.86. The van der Waals surface area contributed by atoms with Gasteiger partial charge in [0.25, 0.3) is 0 Å². The first-order valence-electron chi connectivity index (χ1n) is 6.65. The fraction of sp³-hybridized carbons (Fsp3) is 0.118. The molecule has 2 aromatic rings. The van der Waals surface area contributed by atoms with Crippen LogP contribution in [0, 0.1) is 7.14 Å². The summed E-state index contributed by atoms with van der Waals surface area (Å²) in [7, 11) is 0. The van der Waals surface area contributed by atoms with E-state index in [2.05, 4.69) is 22.6 Å². The van der Waals surface area contributed by atoms with E-state index in [-0.39, 0.29) is 11.5 Å². The molecule has 0 heterocycles. The number of allylic oxidation sites excluding steroid dienone is 1. The Morgan fingerprint density at radius 3 is 2.73 bits per heavy atom. The zero-order chi connectivity index (χ0) is 16.1. The SMILES string of the molecule is CCOc1ccccc1/C=C/C(=O)c1cc(I)cc(I)c1O. The van der Waals surface area contributed by atoms with Gasteiger partial charge < -0.3 is 9.84 Å². The molecule has 0 spiro atoms. The number of phenolic OH excluding ortho intramolecular Hbond substituents is 1. The van der Waals surface area contributed by atoms with Crippen molar-refractivity contribution in [2.45, 2.75) is 6.92 Å². The van der Waals surface area contributed by atoms with Gasteiger partial charge in [-0.2, -0.15) is 0 Å². The van der Waals surface area contributed by atoms with Crippen LogP contribution in [0.5, 0.6) is 11.5 Å². The van der Waals surface area contributed by atoms with Gasteiger partial charge in [-0.05, 0) is 82.5 Å². The second-order valence-electron chi connectivity index (χ2n) is 4.45. The third kappa shape index (κ3) is 4.22. The van der Waals surface area contributed by atoms with E-state index in [0.29, 0.717) is 15.7 Å². The van der Waals surface area contributed by atoms with E-state index in [1.165, 1.54) is 6.08 Å². The number of carbonyl (C=O) groups is 1. The first kappa shape index (κ1) is 17.3. The van der Waals surface area contributed by atoms with Gasteiger partial charge in [0.1, 0.15) is 11.5 Å². The first-order chi connectivity index (χ1) is 10.5. The molecular formula is C17H14I2O3. The van der Waals surface area contributed by atoms with E-state index in [0.717, 1.165) is 14.9 Å². The van der Waals surface area contributed by atoms with Crippen molar-refractivity contribution < 1.29 is 14.6 Å². The average molecular weight is 520 g/mol. The Kier molecular flexibility index (Phi) is 6.25. The van der Waals surface area contributed by atoms with Crippen LogP contribution < -0.4 is 4.74 Å². The van der Waals surface area contributed by atoms with E-state index in [1.807, 2.05) is 59.8 Å². The smallest absolute Gasteiger partial charge is 0.189 e. The van der Waals surface area contributed by atoms with E-state index < -0.39 is 0 Å². The van der Waals surface area contributed by atoms with Gasteiger partial charge in [0.05, 0.1) is 15.7 Å². The maximum Gasteiger partial charge on any atom is 0.189 e. The summed E-state index contributed by atoms with van der Waals surface area (Å²) in [5.41, 5.74) is 1.14. The molecule has 5 heteroatoms. The summed E-state index contributed by atoms with van der Waals surface area (Å²) < 4.78 is 7.09. The first-order valence-corrected chi connectivity index (χ1v) is 8.81. The van der Waals surface area contributed by atoms with Crippen molar-refractivity contribution in [3.63, 3.8) is 0 Å². The zero-order valence-corrected chi connectivity index (χ0v) is 16.2. The van der Waals surface area contributed by atoms with Crippen LogP contribution in [-0.4, -0.2) is 17.5 Å². The normalized spacial score (nSPS) is 10.9. The minimum absolute atomic E-state index is 0.0220. The van der Waals surface area contributed by atoms with Crippen LogP contribution in [0.2, 0.25) is 0 Å². The predicted octanol–water partition coefficient (Wildman–Crippen LogP) is 4.90. The van der Waals surface area contributed by atoms with Crippen molar-refractivity contribution in [3.8, 4) is 11.5 Å². The van der Waals surface area contributed by atoms with Gasteiger partial charge >= 0.3 is 0 Å². The number of benzene rings is 2. The van der Waals surface area contributed by atoms with E-state index in [9.17, 15) is 9.90 Å². The Morgan fingerprint density at radius 2 is 2.00 bits per heavy atom. The lowest BCUT2D eigenvalue weighted by Gasteiger charge is -2.07. The van der Waals surface area contributed by atoms with Crippen LogP contribution in [0.4, 0.5) is 0 Å². The van der Waals surface area contributed by atoms with Crippen molar-refractivity contribution in [1.29, 1.82) is 0 Å². The molecule has 0 saturated heterocycles. The van der Waals surface area contributed by atoms with Gasteiger partial charge in [0.2, 0.25) is 0 Å². The largest absolute Gasteiger partial charge is 0.506 e. The molecule has 22 heavy (non-hydrogen) atoms. The highest BCUT2D eigenvalue weighted by Gasteiger charge is 2.12. The molecule has 0 radical (unpaired) electrons. The molecule has 0 unspecified atom stereocenters. The summed E-state index contributed by atoms with van der Waals surface area (Å²) in [5.74, 6) is 0.518. The van der Waals surface area contributed by atoms with Crippen LogP contribution in [0.1, 0.15) is 22.8 Å². The third-order valence-corrected chi connectivity index (χ3v) is 4.37. The standard InChI is InChI=1S/C17H14I2O3/c1-2-22-16-6-4-3-5-11(16)7-8-15(20)13-9-12(18)10-14(19)17(13)21/h3-10,21H,2H2,1H3/b8-7+. The zero-order valence-electron chi connectivity index (χ0n) is 11.8. The number of aromatic hydroxyl groups is 1. The number of carbonyl (C=O) groups excluding carboxylic acids is 1. The number of hydrogen-bond acceptors (Lipinski definition) is 3. The lowest BCUT2D eigenvalue weighted by Crippen LogP contribution is -1.98. The predicted molar refractivity (Wildman–Crippen MR) is 105 cm³/mol. The molecule has 2 rings (SSSR count).